The van der Waals surface area contributed by atoms with Gasteiger partial charge < -0.3 is 10.6 Å². The van der Waals surface area contributed by atoms with Gasteiger partial charge in [0.15, 0.2) is 0 Å². The number of likely N-dealkylation sites (tertiary alicyclic amines) is 1. The monoisotopic (exact) mass is 460 g/mol. The predicted molar refractivity (Wildman–Crippen MR) is 135 cm³/mol. The van der Waals surface area contributed by atoms with Gasteiger partial charge in [-0.3, -0.25) is 14.4 Å². The summed E-state index contributed by atoms with van der Waals surface area (Å²) in [4.78, 5) is 37.7. The molecular weight excluding hydrogens is 428 g/mol. The maximum Gasteiger partial charge on any atom is 0.273 e. The van der Waals surface area contributed by atoms with Crippen molar-refractivity contribution in [1.29, 1.82) is 0 Å². The Morgan fingerprint density at radius 1 is 1.06 bits per heavy atom. The van der Waals surface area contributed by atoms with Crippen molar-refractivity contribution in [1.82, 2.24) is 9.96 Å². The second kappa shape index (κ2) is 10.7. The Kier molecular flexibility index (Phi) is 7.43. The van der Waals surface area contributed by atoms with Crippen molar-refractivity contribution >= 4 is 29.4 Å². The van der Waals surface area contributed by atoms with Crippen LogP contribution in [-0.4, -0.2) is 53.9 Å². The largest absolute Gasteiger partial charge is 0.387 e. The number of nitrogens with two attached hydrogens (primary N) is 1. The van der Waals surface area contributed by atoms with Crippen LogP contribution < -0.4 is 5.73 Å². The van der Waals surface area contributed by atoms with Crippen molar-refractivity contribution in [2.45, 2.75) is 39.5 Å². The molecule has 1 saturated heterocycles. The minimum absolute atomic E-state index is 0.0925. The van der Waals surface area contributed by atoms with Crippen molar-refractivity contribution < 1.29 is 14.4 Å². The molecule has 2 N–H and O–H groups in total. The van der Waals surface area contributed by atoms with E-state index in [1.54, 1.807) is 0 Å². The van der Waals surface area contributed by atoms with Crippen LogP contribution in [0.15, 0.2) is 53.0 Å². The molecule has 0 bridgehead atoms. The maximum absolute atomic E-state index is 13.0. The van der Waals surface area contributed by atoms with E-state index in [9.17, 15) is 9.59 Å². The summed E-state index contributed by atoms with van der Waals surface area (Å²) in [5.41, 5.74) is 11.0. The number of nitrogens with zero attached hydrogens (tertiary/aromatic N) is 3. The maximum atomic E-state index is 13.0. The quantitative estimate of drug-likeness (QED) is 0.614. The zero-order valence-electron chi connectivity index (χ0n) is 19.9. The van der Waals surface area contributed by atoms with Crippen LogP contribution in [0.4, 0.5) is 5.69 Å². The van der Waals surface area contributed by atoms with Gasteiger partial charge in [-0.15, -0.1) is 0 Å². The molecule has 0 atom stereocenters. The van der Waals surface area contributed by atoms with E-state index in [1.165, 1.54) is 5.06 Å². The summed E-state index contributed by atoms with van der Waals surface area (Å²) in [6.45, 7) is 6.47. The predicted octanol–water partition coefficient (Wildman–Crippen LogP) is 4.56. The van der Waals surface area contributed by atoms with Crippen LogP contribution >= 0.6 is 0 Å². The fraction of sp³-hybridized carbons (Fsp3) is 0.370. The molecule has 0 saturated carbocycles. The molecular formula is C27H32N4O3. The first-order chi connectivity index (χ1) is 16.5. The van der Waals surface area contributed by atoms with Gasteiger partial charge in [0, 0.05) is 42.8 Å². The number of hydrogen-bond donors (Lipinski definition) is 1. The minimum atomic E-state index is -0.183. The molecule has 2 aliphatic heterocycles. The van der Waals surface area contributed by atoms with Gasteiger partial charge in [0.25, 0.3) is 11.8 Å². The van der Waals surface area contributed by atoms with Crippen LogP contribution in [0.3, 0.4) is 0 Å². The summed E-state index contributed by atoms with van der Waals surface area (Å²) < 4.78 is 0. The first-order valence-corrected chi connectivity index (χ1v) is 12.0. The molecule has 2 aliphatic rings. The van der Waals surface area contributed by atoms with Gasteiger partial charge >= 0.3 is 0 Å². The number of amidine groups is 1. The van der Waals surface area contributed by atoms with E-state index in [2.05, 4.69) is 4.99 Å². The number of carbonyl (C=O) groups is 2. The van der Waals surface area contributed by atoms with Gasteiger partial charge in [0.1, 0.15) is 5.84 Å². The number of fused-ring (bicyclic) bond motifs is 1. The Bertz CT molecular complexity index is 1110. The summed E-state index contributed by atoms with van der Waals surface area (Å²) in [5, 5.41) is 1.41. The summed E-state index contributed by atoms with van der Waals surface area (Å²) in [7, 11) is 0. The van der Waals surface area contributed by atoms with Crippen molar-refractivity contribution in [2.75, 3.05) is 26.2 Å². The third-order valence-electron chi connectivity index (χ3n) is 6.07. The molecule has 4 rings (SSSR count). The third-order valence-corrected chi connectivity index (χ3v) is 6.07. The normalized spacial score (nSPS) is 15.3. The lowest BCUT2D eigenvalue weighted by Crippen LogP contribution is -2.34. The van der Waals surface area contributed by atoms with Crippen LogP contribution in [0.2, 0.25) is 0 Å². The van der Waals surface area contributed by atoms with Crippen molar-refractivity contribution in [3.8, 4) is 11.1 Å². The number of benzene rings is 2. The summed E-state index contributed by atoms with van der Waals surface area (Å²) in [5.74, 6) is 0.293. The molecule has 0 spiro atoms. The molecule has 0 aliphatic carbocycles. The zero-order valence-corrected chi connectivity index (χ0v) is 19.9. The fourth-order valence-electron chi connectivity index (χ4n) is 4.36. The van der Waals surface area contributed by atoms with Crippen LogP contribution in [0.5, 0.6) is 0 Å². The molecule has 7 heteroatoms. The number of hydrogen-bond acceptors (Lipinski definition) is 5. The molecule has 2 aromatic rings. The first-order valence-electron chi connectivity index (χ1n) is 12.0. The zero-order chi connectivity index (χ0) is 24.1. The second-order valence-electron chi connectivity index (χ2n) is 8.62. The summed E-state index contributed by atoms with van der Waals surface area (Å²) in [6.07, 6.45) is 5.07. The molecule has 34 heavy (non-hydrogen) atoms. The fourth-order valence-corrected chi connectivity index (χ4v) is 4.36. The molecule has 7 nitrogen and oxygen atoms in total. The summed E-state index contributed by atoms with van der Waals surface area (Å²) in [6, 6.07) is 13.6. The number of aliphatic imine (C=N–C) groups is 1. The minimum Gasteiger partial charge on any atom is -0.387 e. The highest BCUT2D eigenvalue weighted by molar-refractivity contribution is 6.05. The molecule has 1 fully saturated rings. The lowest BCUT2D eigenvalue weighted by molar-refractivity contribution is -0.180. The van der Waals surface area contributed by atoms with Crippen LogP contribution in [0.25, 0.3) is 17.2 Å². The topological polar surface area (TPSA) is 88.2 Å². The molecule has 2 heterocycles. The smallest absolute Gasteiger partial charge is 0.273 e. The van der Waals surface area contributed by atoms with Gasteiger partial charge in [-0.1, -0.05) is 31.2 Å². The van der Waals surface area contributed by atoms with Gasteiger partial charge in [0.2, 0.25) is 0 Å². The highest BCUT2D eigenvalue weighted by Crippen LogP contribution is 2.32. The molecule has 2 amide bonds. The van der Waals surface area contributed by atoms with Crippen LogP contribution in [-0.2, 0) is 9.63 Å². The van der Waals surface area contributed by atoms with Gasteiger partial charge in [0.05, 0.1) is 12.3 Å². The van der Waals surface area contributed by atoms with E-state index in [4.69, 9.17) is 10.6 Å². The lowest BCUT2D eigenvalue weighted by Gasteiger charge is -2.21. The third kappa shape index (κ3) is 5.20. The van der Waals surface area contributed by atoms with Gasteiger partial charge in [-0.2, -0.15) is 0 Å². The first kappa shape index (κ1) is 23.7. The van der Waals surface area contributed by atoms with E-state index in [0.717, 1.165) is 49.0 Å². The molecule has 2 aromatic carbocycles. The van der Waals surface area contributed by atoms with Crippen molar-refractivity contribution in [2.24, 2.45) is 10.7 Å². The number of rotatable bonds is 7. The highest BCUT2D eigenvalue weighted by Gasteiger charge is 2.22. The molecule has 0 aromatic heterocycles. The number of carbonyl (C=O) groups excluding carboxylic acids is 2. The van der Waals surface area contributed by atoms with Crippen molar-refractivity contribution in [3.63, 3.8) is 0 Å². The standard InChI is InChI=1S/C27H32N4O3/c1-3-13-31(34-4-2)27(33)23-16-22-12-11-21(17-24(22)29-25(28)18-23)19-7-9-20(10-8-19)26(32)30-14-5-6-15-30/h7-12,16-17H,3-6,13-15,18H2,1-2H3,(H2,28,29). The second-order valence-corrected chi connectivity index (χ2v) is 8.62. The van der Waals surface area contributed by atoms with E-state index in [-0.39, 0.29) is 18.2 Å². The highest BCUT2D eigenvalue weighted by atomic mass is 16.7. The summed E-state index contributed by atoms with van der Waals surface area (Å²) >= 11 is 0. The van der Waals surface area contributed by atoms with Gasteiger partial charge in [-0.25, -0.2) is 10.1 Å². The van der Waals surface area contributed by atoms with Crippen molar-refractivity contribution in [3.05, 3.63) is 59.2 Å². The lowest BCUT2D eigenvalue weighted by atomic mass is 10.00. The van der Waals surface area contributed by atoms with E-state index < -0.39 is 0 Å². The average Bonchev–Trinajstić information content (AvgIpc) is 3.33. The Morgan fingerprint density at radius 2 is 1.76 bits per heavy atom. The SMILES string of the molecule is CCCN(OCC)C(=O)C1=Cc2ccc(-c3ccc(C(=O)N4CCCC4)cc3)cc2N=C(N)C1. The van der Waals surface area contributed by atoms with E-state index in [0.29, 0.717) is 35.8 Å². The molecule has 0 radical (unpaired) electrons. The van der Waals surface area contributed by atoms with E-state index >= 15 is 0 Å². The number of hydroxylamine groups is 2. The number of amides is 2. The van der Waals surface area contributed by atoms with E-state index in [1.807, 2.05) is 67.3 Å². The Morgan fingerprint density at radius 3 is 2.44 bits per heavy atom. The Balaban J connectivity index is 1.58. The van der Waals surface area contributed by atoms with Crippen LogP contribution in [0.1, 0.15) is 55.5 Å². The molecule has 0 unspecified atom stereocenters. The Labute approximate surface area is 200 Å². The van der Waals surface area contributed by atoms with Crippen LogP contribution in [0, 0.1) is 0 Å². The Hall–Kier alpha value is -3.45. The molecule has 178 valence electrons. The average molecular weight is 461 g/mol. The van der Waals surface area contributed by atoms with Gasteiger partial charge in [-0.05, 0) is 61.6 Å².